The molecule has 7 heteroatoms. The van der Waals surface area contributed by atoms with Crippen LogP contribution in [0.4, 0.5) is 15.8 Å². The van der Waals surface area contributed by atoms with Gasteiger partial charge in [0, 0.05) is 5.02 Å². The van der Waals surface area contributed by atoms with Gasteiger partial charge < -0.3 is 5.73 Å². The van der Waals surface area contributed by atoms with E-state index in [2.05, 4.69) is 4.72 Å². The fraction of sp³-hybridized carbons (Fsp3) is 0.0769. The van der Waals surface area contributed by atoms with Gasteiger partial charge in [0.05, 0.1) is 11.4 Å². The minimum absolute atomic E-state index is 0.0260. The van der Waals surface area contributed by atoms with Crippen molar-refractivity contribution in [1.29, 1.82) is 0 Å². The molecular weight excluding hydrogens is 303 g/mol. The third kappa shape index (κ3) is 3.20. The van der Waals surface area contributed by atoms with E-state index < -0.39 is 15.8 Å². The largest absolute Gasteiger partial charge is 0.398 e. The summed E-state index contributed by atoms with van der Waals surface area (Å²) in [4.78, 5) is -0.108. The van der Waals surface area contributed by atoms with Crippen LogP contribution in [0.1, 0.15) is 5.56 Å². The van der Waals surface area contributed by atoms with E-state index in [0.717, 1.165) is 6.07 Å². The van der Waals surface area contributed by atoms with Crippen molar-refractivity contribution in [2.45, 2.75) is 11.8 Å². The van der Waals surface area contributed by atoms with Crippen LogP contribution >= 0.6 is 11.6 Å². The lowest BCUT2D eigenvalue weighted by Crippen LogP contribution is -2.15. The molecule has 0 spiro atoms. The number of benzene rings is 2. The topological polar surface area (TPSA) is 72.2 Å². The second-order valence-electron chi connectivity index (χ2n) is 4.30. The van der Waals surface area contributed by atoms with E-state index in [1.165, 1.54) is 30.3 Å². The number of nitrogen functional groups attached to an aromatic ring is 1. The second kappa shape index (κ2) is 5.30. The zero-order valence-corrected chi connectivity index (χ0v) is 12.1. The molecule has 2 aromatic rings. The molecule has 0 aromatic heterocycles. The maximum Gasteiger partial charge on any atom is 0.263 e. The Balaban J connectivity index is 2.40. The number of nitrogens with one attached hydrogen (secondary N) is 1. The van der Waals surface area contributed by atoms with Crippen LogP contribution in [-0.2, 0) is 10.0 Å². The van der Waals surface area contributed by atoms with Gasteiger partial charge in [-0.3, -0.25) is 4.72 Å². The van der Waals surface area contributed by atoms with Gasteiger partial charge in [0.1, 0.15) is 10.7 Å². The van der Waals surface area contributed by atoms with Gasteiger partial charge in [-0.1, -0.05) is 11.6 Å². The molecule has 0 saturated heterocycles. The van der Waals surface area contributed by atoms with Crippen molar-refractivity contribution >= 4 is 33.0 Å². The first-order valence-electron chi connectivity index (χ1n) is 5.63. The zero-order chi connectivity index (χ0) is 14.9. The highest BCUT2D eigenvalue weighted by Crippen LogP contribution is 2.25. The van der Waals surface area contributed by atoms with Crippen LogP contribution < -0.4 is 10.5 Å². The zero-order valence-electron chi connectivity index (χ0n) is 10.5. The molecule has 0 bridgehead atoms. The number of hydrogen-bond donors (Lipinski definition) is 2. The van der Waals surface area contributed by atoms with Crippen molar-refractivity contribution in [2.75, 3.05) is 10.5 Å². The number of rotatable bonds is 3. The predicted octanol–water partition coefficient (Wildman–Crippen LogP) is 3.17. The fourth-order valence-electron chi connectivity index (χ4n) is 1.77. The predicted molar refractivity (Wildman–Crippen MR) is 77.8 cm³/mol. The molecular formula is C13H12ClFN2O2S. The van der Waals surface area contributed by atoms with Crippen LogP contribution in [0.3, 0.4) is 0 Å². The Kier molecular flexibility index (Phi) is 3.87. The molecule has 0 aliphatic rings. The maximum absolute atomic E-state index is 13.3. The van der Waals surface area contributed by atoms with Crippen molar-refractivity contribution in [3.63, 3.8) is 0 Å². The van der Waals surface area contributed by atoms with Gasteiger partial charge in [-0.25, -0.2) is 12.8 Å². The number of aryl methyl sites for hydroxylation is 1. The number of hydrogen-bond acceptors (Lipinski definition) is 3. The molecule has 20 heavy (non-hydrogen) atoms. The Bertz CT molecular complexity index is 743. The van der Waals surface area contributed by atoms with Crippen molar-refractivity contribution in [1.82, 2.24) is 0 Å². The van der Waals surface area contributed by atoms with Gasteiger partial charge in [0.15, 0.2) is 0 Å². The molecule has 0 unspecified atom stereocenters. The Morgan fingerprint density at radius 3 is 2.50 bits per heavy atom. The molecule has 2 aromatic carbocycles. The lowest BCUT2D eigenvalue weighted by Gasteiger charge is -2.11. The monoisotopic (exact) mass is 314 g/mol. The minimum atomic E-state index is -3.89. The van der Waals surface area contributed by atoms with Gasteiger partial charge in [-0.2, -0.15) is 0 Å². The van der Waals surface area contributed by atoms with Crippen LogP contribution in [-0.4, -0.2) is 8.42 Å². The first-order valence-corrected chi connectivity index (χ1v) is 7.49. The summed E-state index contributed by atoms with van der Waals surface area (Å²) >= 11 is 5.72. The summed E-state index contributed by atoms with van der Waals surface area (Å²) in [6, 6.07) is 7.97. The van der Waals surface area contributed by atoms with Crippen molar-refractivity contribution in [2.24, 2.45) is 0 Å². The van der Waals surface area contributed by atoms with E-state index in [4.69, 9.17) is 17.3 Å². The second-order valence-corrected chi connectivity index (χ2v) is 6.39. The minimum Gasteiger partial charge on any atom is -0.398 e. The first-order chi connectivity index (χ1) is 9.28. The Morgan fingerprint density at radius 1 is 1.20 bits per heavy atom. The van der Waals surface area contributed by atoms with Crippen LogP contribution in [0.25, 0.3) is 0 Å². The van der Waals surface area contributed by atoms with Crippen LogP contribution in [0.15, 0.2) is 41.3 Å². The summed E-state index contributed by atoms with van der Waals surface area (Å²) < 4.78 is 39.9. The highest BCUT2D eigenvalue weighted by atomic mass is 35.5. The summed E-state index contributed by atoms with van der Waals surface area (Å²) in [6.07, 6.45) is 0. The summed E-state index contributed by atoms with van der Waals surface area (Å²) in [5, 5.41) is 0.336. The van der Waals surface area contributed by atoms with E-state index in [1.807, 2.05) is 0 Å². The van der Waals surface area contributed by atoms with E-state index in [-0.39, 0.29) is 16.3 Å². The molecule has 0 heterocycles. The molecule has 3 N–H and O–H groups in total. The van der Waals surface area contributed by atoms with Crippen molar-refractivity contribution < 1.29 is 12.8 Å². The van der Waals surface area contributed by atoms with Crippen molar-refractivity contribution in [3.8, 4) is 0 Å². The number of anilines is 2. The number of nitrogens with two attached hydrogens (primary N) is 1. The highest BCUT2D eigenvalue weighted by molar-refractivity contribution is 7.92. The molecule has 0 aliphatic heterocycles. The molecule has 0 atom stereocenters. The van der Waals surface area contributed by atoms with Crippen LogP contribution in [0.5, 0.6) is 0 Å². The molecule has 0 fully saturated rings. The SMILES string of the molecule is Cc1cc(F)cc(NS(=O)(=O)c2ccc(Cl)cc2N)c1. The molecule has 0 amide bonds. The Morgan fingerprint density at radius 2 is 1.90 bits per heavy atom. The van der Waals surface area contributed by atoms with Gasteiger partial charge in [-0.05, 0) is 48.9 Å². The third-order valence-electron chi connectivity index (χ3n) is 2.56. The van der Waals surface area contributed by atoms with Gasteiger partial charge in [0.25, 0.3) is 10.0 Å². The van der Waals surface area contributed by atoms with Gasteiger partial charge in [-0.15, -0.1) is 0 Å². The molecule has 2 rings (SSSR count). The number of halogens is 2. The molecule has 0 saturated carbocycles. The lowest BCUT2D eigenvalue weighted by atomic mass is 10.2. The average molecular weight is 315 g/mol. The van der Waals surface area contributed by atoms with Gasteiger partial charge in [0.2, 0.25) is 0 Å². The first kappa shape index (κ1) is 14.6. The quantitative estimate of drug-likeness (QED) is 0.855. The summed E-state index contributed by atoms with van der Waals surface area (Å²) in [7, 11) is -3.89. The van der Waals surface area contributed by atoms with E-state index in [1.54, 1.807) is 6.92 Å². The number of sulfonamides is 1. The summed E-state index contributed by atoms with van der Waals surface area (Å²) in [5.74, 6) is -0.522. The smallest absolute Gasteiger partial charge is 0.263 e. The van der Waals surface area contributed by atoms with Crippen LogP contribution in [0.2, 0.25) is 5.02 Å². The Labute approximate surface area is 121 Å². The lowest BCUT2D eigenvalue weighted by molar-refractivity contribution is 0.601. The molecule has 4 nitrogen and oxygen atoms in total. The van der Waals surface area contributed by atoms with Crippen molar-refractivity contribution in [3.05, 3.63) is 52.8 Å². The van der Waals surface area contributed by atoms with Crippen LogP contribution in [0, 0.1) is 12.7 Å². The summed E-state index contributed by atoms with van der Waals surface area (Å²) in [6.45, 7) is 1.66. The maximum atomic E-state index is 13.3. The molecule has 0 aliphatic carbocycles. The Hall–Kier alpha value is -1.79. The highest BCUT2D eigenvalue weighted by Gasteiger charge is 2.18. The summed E-state index contributed by atoms with van der Waals surface area (Å²) in [5.41, 5.74) is 6.41. The standard InChI is InChI=1S/C13H12ClFN2O2S/c1-8-4-10(15)7-11(5-8)17-20(18,19)13-3-2-9(14)6-12(13)16/h2-7,17H,16H2,1H3. The average Bonchev–Trinajstić information content (AvgIpc) is 2.25. The van der Waals surface area contributed by atoms with E-state index in [9.17, 15) is 12.8 Å². The normalized spacial score (nSPS) is 11.3. The third-order valence-corrected chi connectivity index (χ3v) is 4.25. The molecule has 106 valence electrons. The van der Waals surface area contributed by atoms with E-state index in [0.29, 0.717) is 10.6 Å². The van der Waals surface area contributed by atoms with Gasteiger partial charge >= 0.3 is 0 Å². The fourth-order valence-corrected chi connectivity index (χ4v) is 3.10. The van der Waals surface area contributed by atoms with E-state index >= 15 is 0 Å². The molecule has 0 radical (unpaired) electrons.